The Labute approximate surface area is 88.6 Å². The zero-order chi connectivity index (χ0) is 10.6. The van der Waals surface area contributed by atoms with Crippen molar-refractivity contribution in [3.8, 4) is 5.75 Å². The van der Waals surface area contributed by atoms with Gasteiger partial charge in [-0.05, 0) is 24.4 Å². The number of hydrazine groups is 1. The van der Waals surface area contributed by atoms with E-state index in [1.165, 1.54) is 5.01 Å². The van der Waals surface area contributed by atoms with E-state index in [1.807, 2.05) is 24.3 Å². The normalized spacial score (nSPS) is 9.36. The molecule has 5 heteroatoms. The summed E-state index contributed by atoms with van der Waals surface area (Å²) in [5.41, 5.74) is 0.853. The first-order valence-electron chi connectivity index (χ1n) is 4.07. The van der Waals surface area contributed by atoms with E-state index in [2.05, 4.69) is 5.32 Å². The Balaban J connectivity index is 2.72. The van der Waals surface area contributed by atoms with E-state index in [0.717, 1.165) is 11.4 Å². The Morgan fingerprint density at radius 1 is 1.57 bits per heavy atom. The lowest BCUT2D eigenvalue weighted by molar-refractivity contribution is 0.415. The van der Waals surface area contributed by atoms with Crippen LogP contribution in [-0.2, 0) is 0 Å². The van der Waals surface area contributed by atoms with Crippen LogP contribution in [0.15, 0.2) is 24.3 Å². The van der Waals surface area contributed by atoms with Crippen LogP contribution in [0, 0.1) is 0 Å². The van der Waals surface area contributed by atoms with Crippen LogP contribution >= 0.6 is 12.2 Å². The smallest absolute Gasteiger partial charge is 0.187 e. The van der Waals surface area contributed by atoms with E-state index >= 15 is 0 Å². The monoisotopic (exact) mass is 211 g/mol. The molecule has 0 aliphatic carbocycles. The van der Waals surface area contributed by atoms with Gasteiger partial charge in [-0.2, -0.15) is 0 Å². The number of nitrogens with zero attached hydrogens (tertiary/aromatic N) is 1. The number of benzene rings is 1. The summed E-state index contributed by atoms with van der Waals surface area (Å²) in [7, 11) is 3.29. The van der Waals surface area contributed by atoms with Crippen molar-refractivity contribution >= 4 is 23.0 Å². The van der Waals surface area contributed by atoms with E-state index in [0.29, 0.717) is 5.11 Å². The number of methoxy groups -OCH3 is 1. The zero-order valence-corrected chi connectivity index (χ0v) is 8.97. The molecule has 0 aliphatic rings. The molecular formula is C9H13N3OS. The molecule has 0 atom stereocenters. The third-order valence-corrected chi connectivity index (χ3v) is 2.03. The molecule has 0 bridgehead atoms. The quantitative estimate of drug-likeness (QED) is 0.437. The first-order valence-corrected chi connectivity index (χ1v) is 4.48. The molecule has 0 heterocycles. The van der Waals surface area contributed by atoms with Crippen molar-refractivity contribution in [2.75, 3.05) is 19.5 Å². The number of nitrogens with one attached hydrogen (secondary N) is 1. The van der Waals surface area contributed by atoms with Gasteiger partial charge in [0.2, 0.25) is 0 Å². The van der Waals surface area contributed by atoms with Crippen molar-refractivity contribution in [3.05, 3.63) is 24.3 Å². The molecule has 1 rings (SSSR count). The van der Waals surface area contributed by atoms with Gasteiger partial charge in [-0.25, -0.2) is 5.84 Å². The zero-order valence-electron chi connectivity index (χ0n) is 8.15. The topological polar surface area (TPSA) is 50.5 Å². The fourth-order valence-electron chi connectivity index (χ4n) is 0.912. The highest BCUT2D eigenvalue weighted by Crippen LogP contribution is 2.16. The Morgan fingerprint density at radius 3 is 2.86 bits per heavy atom. The second kappa shape index (κ2) is 4.78. The summed E-state index contributed by atoms with van der Waals surface area (Å²) in [5.74, 6) is 6.23. The molecule has 0 amide bonds. The molecule has 0 fully saturated rings. The summed E-state index contributed by atoms with van der Waals surface area (Å²) in [6.07, 6.45) is 0. The minimum Gasteiger partial charge on any atom is -0.497 e. The van der Waals surface area contributed by atoms with Crippen LogP contribution in [0.5, 0.6) is 5.75 Å². The Bertz CT molecular complexity index is 328. The van der Waals surface area contributed by atoms with Gasteiger partial charge in [0.1, 0.15) is 5.75 Å². The van der Waals surface area contributed by atoms with Gasteiger partial charge in [-0.1, -0.05) is 6.07 Å². The van der Waals surface area contributed by atoms with Gasteiger partial charge >= 0.3 is 0 Å². The van der Waals surface area contributed by atoms with Crippen LogP contribution in [-0.4, -0.2) is 24.3 Å². The van der Waals surface area contributed by atoms with Crippen molar-refractivity contribution in [1.82, 2.24) is 5.01 Å². The predicted octanol–water partition coefficient (Wildman–Crippen LogP) is 1.20. The molecule has 1 aromatic rings. The van der Waals surface area contributed by atoms with E-state index < -0.39 is 0 Å². The highest BCUT2D eigenvalue weighted by molar-refractivity contribution is 7.80. The van der Waals surface area contributed by atoms with Gasteiger partial charge in [0.15, 0.2) is 5.11 Å². The van der Waals surface area contributed by atoms with E-state index in [4.69, 9.17) is 22.8 Å². The van der Waals surface area contributed by atoms with Crippen LogP contribution in [0.1, 0.15) is 0 Å². The molecule has 3 N–H and O–H groups in total. The fraction of sp³-hybridized carbons (Fsp3) is 0.222. The SMILES string of the molecule is COc1cccc(NC(=S)N(C)N)c1. The third kappa shape index (κ3) is 2.86. The Kier molecular flexibility index (Phi) is 3.67. The molecule has 0 radical (unpaired) electrons. The first kappa shape index (κ1) is 10.7. The average molecular weight is 211 g/mol. The van der Waals surface area contributed by atoms with Gasteiger partial charge in [-0.15, -0.1) is 0 Å². The largest absolute Gasteiger partial charge is 0.497 e. The van der Waals surface area contributed by atoms with Gasteiger partial charge in [0.05, 0.1) is 7.11 Å². The number of hydrogen-bond donors (Lipinski definition) is 2. The third-order valence-electron chi connectivity index (χ3n) is 1.64. The lowest BCUT2D eigenvalue weighted by atomic mass is 10.3. The molecule has 14 heavy (non-hydrogen) atoms. The van der Waals surface area contributed by atoms with E-state index in [1.54, 1.807) is 14.2 Å². The lowest BCUT2D eigenvalue weighted by Gasteiger charge is -2.15. The molecule has 1 aromatic carbocycles. The number of thiocarbonyl (C=S) groups is 1. The van der Waals surface area contributed by atoms with Crippen molar-refractivity contribution in [2.24, 2.45) is 5.84 Å². The van der Waals surface area contributed by atoms with Crippen LogP contribution in [0.2, 0.25) is 0 Å². The Hall–Kier alpha value is -1.33. The lowest BCUT2D eigenvalue weighted by Crippen LogP contribution is -2.36. The summed E-state index contributed by atoms with van der Waals surface area (Å²) in [6, 6.07) is 7.47. The van der Waals surface area contributed by atoms with Gasteiger partial charge in [-0.3, -0.25) is 5.01 Å². The van der Waals surface area contributed by atoms with Crippen LogP contribution in [0.25, 0.3) is 0 Å². The molecular weight excluding hydrogens is 198 g/mol. The minimum atomic E-state index is 0.457. The maximum absolute atomic E-state index is 5.45. The number of ether oxygens (including phenoxy) is 1. The van der Waals surface area contributed by atoms with Crippen LogP contribution in [0.4, 0.5) is 5.69 Å². The summed E-state index contributed by atoms with van der Waals surface area (Å²) >= 11 is 4.99. The van der Waals surface area contributed by atoms with Gasteiger partial charge < -0.3 is 10.1 Å². The summed E-state index contributed by atoms with van der Waals surface area (Å²) in [5, 5.41) is 4.77. The molecule has 0 unspecified atom stereocenters. The molecule has 0 saturated heterocycles. The van der Waals surface area contributed by atoms with Crippen LogP contribution < -0.4 is 15.9 Å². The Morgan fingerprint density at radius 2 is 2.29 bits per heavy atom. The fourth-order valence-corrected chi connectivity index (χ4v) is 1.03. The molecule has 76 valence electrons. The maximum Gasteiger partial charge on any atom is 0.187 e. The number of anilines is 1. The first-order chi connectivity index (χ1) is 6.63. The number of nitrogens with two attached hydrogens (primary N) is 1. The maximum atomic E-state index is 5.45. The van der Waals surface area contributed by atoms with Gasteiger partial charge in [0, 0.05) is 18.8 Å². The molecule has 0 spiro atoms. The van der Waals surface area contributed by atoms with Crippen molar-refractivity contribution in [3.63, 3.8) is 0 Å². The second-order valence-corrected chi connectivity index (χ2v) is 3.16. The molecule has 0 aliphatic heterocycles. The average Bonchev–Trinajstić information content (AvgIpc) is 2.18. The summed E-state index contributed by atoms with van der Waals surface area (Å²) in [6.45, 7) is 0. The van der Waals surface area contributed by atoms with Crippen molar-refractivity contribution < 1.29 is 4.74 Å². The van der Waals surface area contributed by atoms with Crippen molar-refractivity contribution in [2.45, 2.75) is 0 Å². The molecule has 0 saturated carbocycles. The van der Waals surface area contributed by atoms with Crippen molar-refractivity contribution in [1.29, 1.82) is 0 Å². The number of rotatable bonds is 2. The highest BCUT2D eigenvalue weighted by Gasteiger charge is 2.00. The minimum absolute atomic E-state index is 0.457. The predicted molar refractivity (Wildman–Crippen MR) is 61.2 cm³/mol. The highest BCUT2D eigenvalue weighted by atomic mass is 32.1. The number of hydrogen-bond acceptors (Lipinski definition) is 3. The molecule has 4 nitrogen and oxygen atoms in total. The standard InChI is InChI=1S/C9H13N3OS/c1-12(10)9(14)11-7-4-3-5-8(6-7)13-2/h3-6H,10H2,1-2H3,(H,11,14). The molecule has 0 aromatic heterocycles. The summed E-state index contributed by atoms with van der Waals surface area (Å²) in [4.78, 5) is 0. The van der Waals surface area contributed by atoms with Crippen LogP contribution in [0.3, 0.4) is 0 Å². The van der Waals surface area contributed by atoms with E-state index in [-0.39, 0.29) is 0 Å². The second-order valence-electron chi connectivity index (χ2n) is 2.77. The van der Waals surface area contributed by atoms with Gasteiger partial charge in [0.25, 0.3) is 0 Å². The summed E-state index contributed by atoms with van der Waals surface area (Å²) < 4.78 is 5.07. The van der Waals surface area contributed by atoms with E-state index in [9.17, 15) is 0 Å².